The summed E-state index contributed by atoms with van der Waals surface area (Å²) in [5, 5.41) is 2.94. The van der Waals surface area contributed by atoms with Crippen molar-refractivity contribution in [2.24, 2.45) is 0 Å². The Bertz CT molecular complexity index is 1060. The zero-order valence-electron chi connectivity index (χ0n) is 17.1. The lowest BCUT2D eigenvalue weighted by Crippen LogP contribution is -2.13. The van der Waals surface area contributed by atoms with Crippen molar-refractivity contribution in [1.82, 2.24) is 9.55 Å². The van der Waals surface area contributed by atoms with Crippen LogP contribution >= 0.6 is 15.9 Å². The zero-order chi connectivity index (χ0) is 21.1. The summed E-state index contributed by atoms with van der Waals surface area (Å²) < 4.78 is 13.9. The number of aromatic nitrogens is 2. The van der Waals surface area contributed by atoms with Crippen molar-refractivity contribution in [3.05, 3.63) is 58.3 Å². The third kappa shape index (κ3) is 4.07. The molecule has 0 fully saturated rings. The first kappa shape index (κ1) is 20.5. The summed E-state index contributed by atoms with van der Waals surface area (Å²) in [7, 11) is 1.55. The molecule has 0 atom stereocenters. The molecule has 1 aliphatic rings. The number of halogens is 1. The van der Waals surface area contributed by atoms with Gasteiger partial charge in [-0.15, -0.1) is 0 Å². The van der Waals surface area contributed by atoms with Crippen molar-refractivity contribution in [2.75, 3.05) is 19.0 Å². The van der Waals surface area contributed by atoms with Gasteiger partial charge in [-0.3, -0.25) is 4.79 Å². The normalized spacial score (nSPS) is 12.9. The second-order valence-corrected chi connectivity index (χ2v) is 7.99. The van der Waals surface area contributed by atoms with Crippen molar-refractivity contribution in [3.63, 3.8) is 0 Å². The van der Waals surface area contributed by atoms with E-state index in [1.54, 1.807) is 19.2 Å². The molecule has 1 aliphatic heterocycles. The number of aryl methyl sites for hydroxylation is 1. The molecule has 0 unspecified atom stereocenters. The van der Waals surface area contributed by atoms with Crippen LogP contribution < -0.4 is 14.8 Å². The molecule has 0 radical (unpaired) electrons. The number of hydrogen-bond acceptors (Lipinski definition) is 4. The van der Waals surface area contributed by atoms with Crippen LogP contribution in [-0.2, 0) is 13.0 Å². The van der Waals surface area contributed by atoms with Crippen molar-refractivity contribution in [2.45, 2.75) is 32.7 Å². The molecule has 0 bridgehead atoms. The maximum absolute atomic E-state index is 12.8. The van der Waals surface area contributed by atoms with Gasteiger partial charge < -0.3 is 19.4 Å². The van der Waals surface area contributed by atoms with Crippen molar-refractivity contribution in [1.29, 1.82) is 0 Å². The van der Waals surface area contributed by atoms with E-state index < -0.39 is 0 Å². The standard InChI is InChI=1S/C23H24BrN3O3/c1-3-30-21-19(24)12-16(13-20(21)29-2)23(28)26-17-9-7-15(8-10-17)22-25-14-18-6-4-5-11-27(18)22/h7-10,12-14H,3-6,11H2,1-2H3,(H,26,28). The van der Waals surface area contributed by atoms with Gasteiger partial charge in [0.2, 0.25) is 0 Å². The number of carbonyl (C=O) groups excluding carboxylic acids is 1. The fraction of sp³-hybridized carbons (Fsp3) is 0.304. The minimum atomic E-state index is -0.219. The van der Waals surface area contributed by atoms with Crippen LogP contribution in [0, 0.1) is 0 Å². The van der Waals surface area contributed by atoms with Crippen LogP contribution in [0.2, 0.25) is 0 Å². The summed E-state index contributed by atoms with van der Waals surface area (Å²) in [6.45, 7) is 3.42. The second-order valence-electron chi connectivity index (χ2n) is 7.14. The van der Waals surface area contributed by atoms with Gasteiger partial charge >= 0.3 is 0 Å². The van der Waals surface area contributed by atoms with Gasteiger partial charge in [-0.1, -0.05) is 0 Å². The minimum Gasteiger partial charge on any atom is -0.493 e. The highest BCUT2D eigenvalue weighted by Crippen LogP contribution is 2.37. The van der Waals surface area contributed by atoms with Gasteiger partial charge in [0, 0.05) is 35.2 Å². The SMILES string of the molecule is CCOc1c(Br)cc(C(=O)Nc2ccc(-c3ncc4n3CCCC4)cc2)cc1OC. The Morgan fingerprint density at radius 1 is 1.23 bits per heavy atom. The number of ether oxygens (including phenoxy) is 2. The summed E-state index contributed by atoms with van der Waals surface area (Å²) in [5.41, 5.74) is 3.54. The number of nitrogens with one attached hydrogen (secondary N) is 1. The molecule has 30 heavy (non-hydrogen) atoms. The number of hydrogen-bond donors (Lipinski definition) is 1. The zero-order valence-corrected chi connectivity index (χ0v) is 18.7. The molecule has 0 saturated heterocycles. The second kappa shape index (κ2) is 8.92. The Kier molecular flexibility index (Phi) is 6.08. The van der Waals surface area contributed by atoms with Crippen LogP contribution in [0.1, 0.15) is 35.8 Å². The summed E-state index contributed by atoms with van der Waals surface area (Å²) in [5.74, 6) is 1.87. The molecule has 0 spiro atoms. The van der Waals surface area contributed by atoms with E-state index in [0.717, 1.165) is 30.0 Å². The van der Waals surface area contributed by atoms with Crippen LogP contribution in [0.4, 0.5) is 5.69 Å². The van der Waals surface area contributed by atoms with Crippen molar-refractivity contribution >= 4 is 27.5 Å². The molecule has 0 aliphatic carbocycles. The van der Waals surface area contributed by atoms with E-state index in [9.17, 15) is 4.79 Å². The third-order valence-corrected chi connectivity index (χ3v) is 5.77. The number of amides is 1. The molecule has 2 aromatic carbocycles. The number of nitrogens with zero attached hydrogens (tertiary/aromatic N) is 2. The minimum absolute atomic E-state index is 0.219. The van der Waals surface area contributed by atoms with E-state index in [1.165, 1.54) is 18.5 Å². The molecule has 156 valence electrons. The van der Waals surface area contributed by atoms with E-state index in [0.29, 0.717) is 28.1 Å². The predicted octanol–water partition coefficient (Wildman–Crippen LogP) is 5.31. The van der Waals surface area contributed by atoms with Crippen LogP contribution in [-0.4, -0.2) is 29.2 Å². The lowest BCUT2D eigenvalue weighted by Gasteiger charge is -2.16. The lowest BCUT2D eigenvalue weighted by molar-refractivity contribution is 0.102. The smallest absolute Gasteiger partial charge is 0.255 e. The van der Waals surface area contributed by atoms with E-state index in [-0.39, 0.29) is 5.91 Å². The highest BCUT2D eigenvalue weighted by atomic mass is 79.9. The number of fused-ring (bicyclic) bond motifs is 1. The van der Waals surface area contributed by atoms with Gasteiger partial charge in [0.1, 0.15) is 5.82 Å². The van der Waals surface area contributed by atoms with E-state index in [2.05, 4.69) is 30.8 Å². The van der Waals surface area contributed by atoms with Gasteiger partial charge in [0.15, 0.2) is 11.5 Å². The molecule has 1 amide bonds. The van der Waals surface area contributed by atoms with Gasteiger partial charge in [-0.05, 0) is 78.5 Å². The molecule has 2 heterocycles. The first-order valence-corrected chi connectivity index (χ1v) is 10.9. The molecular formula is C23H24BrN3O3. The third-order valence-electron chi connectivity index (χ3n) is 5.18. The summed E-state index contributed by atoms with van der Waals surface area (Å²) >= 11 is 3.46. The predicted molar refractivity (Wildman–Crippen MR) is 120 cm³/mol. The Morgan fingerprint density at radius 3 is 2.77 bits per heavy atom. The first-order chi connectivity index (χ1) is 14.6. The van der Waals surface area contributed by atoms with Crippen LogP contribution in [0.25, 0.3) is 11.4 Å². The van der Waals surface area contributed by atoms with Crippen molar-refractivity contribution in [3.8, 4) is 22.9 Å². The molecule has 7 heteroatoms. The maximum Gasteiger partial charge on any atom is 0.255 e. The lowest BCUT2D eigenvalue weighted by atomic mass is 10.1. The van der Waals surface area contributed by atoms with Gasteiger partial charge in [-0.2, -0.15) is 0 Å². The summed E-state index contributed by atoms with van der Waals surface area (Å²) in [6, 6.07) is 11.2. The monoisotopic (exact) mass is 469 g/mol. The first-order valence-electron chi connectivity index (χ1n) is 10.1. The quantitative estimate of drug-likeness (QED) is 0.531. The Labute approximate surface area is 184 Å². The number of benzene rings is 2. The number of rotatable bonds is 6. The topological polar surface area (TPSA) is 65.4 Å². The number of imidazole rings is 1. The molecule has 0 saturated carbocycles. The van der Waals surface area contributed by atoms with E-state index in [1.807, 2.05) is 37.4 Å². The van der Waals surface area contributed by atoms with Gasteiger partial charge in [0.25, 0.3) is 5.91 Å². The fourth-order valence-corrected chi connectivity index (χ4v) is 4.26. The molecule has 1 aromatic heterocycles. The van der Waals surface area contributed by atoms with Gasteiger partial charge in [-0.25, -0.2) is 4.98 Å². The highest BCUT2D eigenvalue weighted by Gasteiger charge is 2.17. The maximum atomic E-state index is 12.8. The molecule has 4 rings (SSSR count). The fourth-order valence-electron chi connectivity index (χ4n) is 3.71. The van der Waals surface area contributed by atoms with E-state index >= 15 is 0 Å². The number of carbonyl (C=O) groups is 1. The number of anilines is 1. The molecule has 3 aromatic rings. The average Bonchev–Trinajstić information content (AvgIpc) is 3.19. The number of methoxy groups -OCH3 is 1. The Balaban J connectivity index is 1.52. The Morgan fingerprint density at radius 2 is 2.03 bits per heavy atom. The van der Waals surface area contributed by atoms with Crippen LogP contribution in [0.5, 0.6) is 11.5 Å². The molecule has 6 nitrogen and oxygen atoms in total. The van der Waals surface area contributed by atoms with Crippen molar-refractivity contribution < 1.29 is 14.3 Å². The average molecular weight is 470 g/mol. The summed E-state index contributed by atoms with van der Waals surface area (Å²) in [6.07, 6.45) is 5.47. The van der Waals surface area contributed by atoms with Crippen LogP contribution in [0.3, 0.4) is 0 Å². The van der Waals surface area contributed by atoms with E-state index in [4.69, 9.17) is 9.47 Å². The summed E-state index contributed by atoms with van der Waals surface area (Å²) in [4.78, 5) is 17.4. The molecule has 1 N–H and O–H groups in total. The largest absolute Gasteiger partial charge is 0.493 e. The molecular weight excluding hydrogens is 446 g/mol. The van der Waals surface area contributed by atoms with Crippen LogP contribution in [0.15, 0.2) is 47.1 Å². The highest BCUT2D eigenvalue weighted by molar-refractivity contribution is 9.10. The Hall–Kier alpha value is -2.80. The van der Waals surface area contributed by atoms with Gasteiger partial charge in [0.05, 0.1) is 18.2 Å².